The van der Waals surface area contributed by atoms with E-state index in [9.17, 15) is 10.0 Å². The van der Waals surface area contributed by atoms with Gasteiger partial charge in [0.05, 0.1) is 5.52 Å². The van der Waals surface area contributed by atoms with Gasteiger partial charge >= 0.3 is 11.4 Å². The van der Waals surface area contributed by atoms with Crippen molar-refractivity contribution in [2.75, 3.05) is 5.73 Å². The molecule has 0 aliphatic carbocycles. The zero-order valence-corrected chi connectivity index (χ0v) is 13.8. The van der Waals surface area contributed by atoms with Crippen LogP contribution >= 0.6 is 31.9 Å². The van der Waals surface area contributed by atoms with Crippen LogP contribution in [0, 0.1) is 5.21 Å². The van der Waals surface area contributed by atoms with Crippen molar-refractivity contribution in [2.24, 2.45) is 0 Å². The van der Waals surface area contributed by atoms with Crippen LogP contribution in [0.1, 0.15) is 0 Å². The summed E-state index contributed by atoms with van der Waals surface area (Å²) in [5, 5.41) is 12.1. The number of aromatic nitrogens is 2. The molecule has 106 valence electrons. The fourth-order valence-electron chi connectivity index (χ4n) is 2.14. The molecule has 2 N–H and O–H groups in total. The standard InChI is InChI=1S/C14H9Br2N3O2/c15-8-1-4-10(5-2-8)18-11-6-3-9(16)7-12(11)19(21)13(17)14(18)20/h1-7H,17H2. The Morgan fingerprint density at radius 3 is 2.33 bits per heavy atom. The molecule has 2 aromatic carbocycles. The summed E-state index contributed by atoms with van der Waals surface area (Å²) in [6, 6.07) is 12.3. The monoisotopic (exact) mass is 409 g/mol. The van der Waals surface area contributed by atoms with Crippen molar-refractivity contribution in [1.82, 2.24) is 4.57 Å². The van der Waals surface area contributed by atoms with E-state index in [0.29, 0.717) is 21.5 Å². The van der Waals surface area contributed by atoms with Gasteiger partial charge in [0.15, 0.2) is 5.52 Å². The highest BCUT2D eigenvalue weighted by atomic mass is 79.9. The first-order chi connectivity index (χ1) is 9.99. The molecule has 1 aromatic heterocycles. The highest BCUT2D eigenvalue weighted by Crippen LogP contribution is 2.20. The second-order valence-corrected chi connectivity index (χ2v) is 6.26. The molecule has 5 nitrogen and oxygen atoms in total. The van der Waals surface area contributed by atoms with Gasteiger partial charge in [0.1, 0.15) is 0 Å². The fraction of sp³-hybridized carbons (Fsp3) is 0. The quantitative estimate of drug-likeness (QED) is 0.495. The minimum atomic E-state index is -0.540. The van der Waals surface area contributed by atoms with E-state index < -0.39 is 5.56 Å². The molecule has 0 atom stereocenters. The molecule has 3 aromatic rings. The molecule has 0 saturated heterocycles. The Morgan fingerprint density at radius 1 is 1.05 bits per heavy atom. The zero-order valence-electron chi connectivity index (χ0n) is 10.6. The number of benzene rings is 2. The summed E-state index contributed by atoms with van der Waals surface area (Å²) < 4.78 is 3.52. The van der Waals surface area contributed by atoms with Gasteiger partial charge in [-0.2, -0.15) is 0 Å². The number of rotatable bonds is 1. The summed E-state index contributed by atoms with van der Waals surface area (Å²) in [5.41, 5.74) is 6.58. The van der Waals surface area contributed by atoms with Crippen LogP contribution in [0.25, 0.3) is 16.7 Å². The Balaban J connectivity index is 2.47. The molecule has 0 saturated carbocycles. The lowest BCUT2D eigenvalue weighted by Crippen LogP contribution is -2.41. The molecule has 0 spiro atoms. The zero-order chi connectivity index (χ0) is 15.1. The second-order valence-electron chi connectivity index (χ2n) is 4.43. The molecule has 7 heteroatoms. The summed E-state index contributed by atoms with van der Waals surface area (Å²) >= 11 is 6.66. The maximum atomic E-state index is 12.4. The SMILES string of the molecule is Nc1c(=O)n(-c2ccc(Br)cc2)c2ccc(Br)cc2[n+]1[O-]. The molecule has 0 fully saturated rings. The van der Waals surface area contributed by atoms with Gasteiger partial charge in [-0.25, -0.2) is 4.73 Å². The van der Waals surface area contributed by atoms with Crippen molar-refractivity contribution < 1.29 is 4.73 Å². The highest BCUT2D eigenvalue weighted by Gasteiger charge is 2.16. The van der Waals surface area contributed by atoms with Gasteiger partial charge < -0.3 is 5.21 Å². The minimum Gasteiger partial charge on any atom is -0.710 e. The summed E-state index contributed by atoms with van der Waals surface area (Å²) in [5.74, 6) is -0.358. The van der Waals surface area contributed by atoms with Crippen LogP contribution in [-0.2, 0) is 0 Å². The minimum absolute atomic E-state index is 0.324. The van der Waals surface area contributed by atoms with Crippen LogP contribution < -0.4 is 16.0 Å². The number of hydrogen-bond acceptors (Lipinski definition) is 3. The average Bonchev–Trinajstić information content (AvgIpc) is 2.48. The Bertz CT molecular complexity index is 905. The molecule has 1 heterocycles. The number of nitrogens with zero attached hydrogens (tertiary/aromatic N) is 2. The smallest absolute Gasteiger partial charge is 0.345 e. The van der Waals surface area contributed by atoms with Gasteiger partial charge in [-0.05, 0) is 36.4 Å². The molecule has 0 amide bonds. The topological polar surface area (TPSA) is 75.0 Å². The van der Waals surface area contributed by atoms with Crippen molar-refractivity contribution in [3.63, 3.8) is 0 Å². The van der Waals surface area contributed by atoms with Gasteiger partial charge in [-0.15, -0.1) is 0 Å². The molecule has 3 rings (SSSR count). The first-order valence-corrected chi connectivity index (χ1v) is 7.57. The molecule has 0 radical (unpaired) electrons. The predicted octanol–water partition coefficient (Wildman–Crippen LogP) is 2.73. The summed E-state index contributed by atoms with van der Waals surface area (Å²) in [6.45, 7) is 0. The summed E-state index contributed by atoms with van der Waals surface area (Å²) in [6.07, 6.45) is 0. The van der Waals surface area contributed by atoms with Crippen LogP contribution in [0.15, 0.2) is 56.2 Å². The van der Waals surface area contributed by atoms with Crippen LogP contribution in [-0.4, -0.2) is 4.57 Å². The van der Waals surface area contributed by atoms with Crippen molar-refractivity contribution in [2.45, 2.75) is 0 Å². The first kappa shape index (κ1) is 14.1. The fourth-order valence-corrected chi connectivity index (χ4v) is 2.75. The number of hydrogen-bond donors (Lipinski definition) is 1. The van der Waals surface area contributed by atoms with Gasteiger partial charge in [-0.1, -0.05) is 31.9 Å². The lowest BCUT2D eigenvalue weighted by molar-refractivity contribution is -0.562. The van der Waals surface area contributed by atoms with E-state index in [1.807, 2.05) is 12.1 Å². The van der Waals surface area contributed by atoms with Gasteiger partial charge in [0, 0.05) is 20.7 Å². The molecular weight excluding hydrogens is 402 g/mol. The Morgan fingerprint density at radius 2 is 1.67 bits per heavy atom. The first-order valence-electron chi connectivity index (χ1n) is 5.98. The molecule has 0 aliphatic rings. The molecule has 21 heavy (non-hydrogen) atoms. The third-order valence-corrected chi connectivity index (χ3v) is 4.14. The van der Waals surface area contributed by atoms with E-state index in [4.69, 9.17) is 5.73 Å². The lowest BCUT2D eigenvalue weighted by atomic mass is 10.2. The molecule has 0 aliphatic heterocycles. The Labute approximate surface area is 136 Å². The van der Waals surface area contributed by atoms with Crippen LogP contribution in [0.4, 0.5) is 5.82 Å². The van der Waals surface area contributed by atoms with Crippen LogP contribution in [0.2, 0.25) is 0 Å². The van der Waals surface area contributed by atoms with E-state index >= 15 is 0 Å². The maximum Gasteiger partial charge on any atom is 0.345 e. The highest BCUT2D eigenvalue weighted by molar-refractivity contribution is 9.10. The summed E-state index contributed by atoms with van der Waals surface area (Å²) in [4.78, 5) is 12.4. The Hall–Kier alpha value is -1.86. The molecule has 0 unspecified atom stereocenters. The lowest BCUT2D eigenvalue weighted by Gasteiger charge is -2.14. The van der Waals surface area contributed by atoms with Gasteiger partial charge in [-0.3, -0.25) is 15.1 Å². The number of nitrogens with two attached hydrogens (primary N) is 1. The van der Waals surface area contributed by atoms with Crippen molar-refractivity contribution in [1.29, 1.82) is 0 Å². The maximum absolute atomic E-state index is 12.4. The molecule has 0 bridgehead atoms. The van der Waals surface area contributed by atoms with Gasteiger partial charge in [0.25, 0.3) is 0 Å². The van der Waals surface area contributed by atoms with Gasteiger partial charge in [0.2, 0.25) is 0 Å². The largest absolute Gasteiger partial charge is 0.710 e. The normalized spacial score (nSPS) is 11.0. The number of fused-ring (bicyclic) bond motifs is 1. The van der Waals surface area contributed by atoms with E-state index in [1.54, 1.807) is 30.3 Å². The van der Waals surface area contributed by atoms with E-state index in [1.165, 1.54) is 4.57 Å². The molecular formula is C14H9Br2N3O2. The van der Waals surface area contributed by atoms with Crippen molar-refractivity contribution >= 4 is 48.7 Å². The van der Waals surface area contributed by atoms with E-state index in [2.05, 4.69) is 31.9 Å². The van der Waals surface area contributed by atoms with Crippen LogP contribution in [0.3, 0.4) is 0 Å². The second kappa shape index (κ2) is 5.16. The number of anilines is 1. The predicted molar refractivity (Wildman–Crippen MR) is 88.3 cm³/mol. The summed E-state index contributed by atoms with van der Waals surface area (Å²) in [7, 11) is 0. The average molecular weight is 411 g/mol. The third-order valence-electron chi connectivity index (χ3n) is 3.12. The van der Waals surface area contributed by atoms with E-state index in [0.717, 1.165) is 8.95 Å². The number of nitrogen functional groups attached to an aromatic ring is 1. The number of halogens is 2. The Kier molecular flexibility index (Phi) is 3.46. The van der Waals surface area contributed by atoms with Crippen molar-refractivity contribution in [3.05, 3.63) is 67.0 Å². The third kappa shape index (κ3) is 2.32. The van der Waals surface area contributed by atoms with E-state index in [-0.39, 0.29) is 5.82 Å². The van der Waals surface area contributed by atoms with Crippen molar-refractivity contribution in [3.8, 4) is 5.69 Å². The van der Waals surface area contributed by atoms with Crippen LogP contribution in [0.5, 0.6) is 0 Å².